The van der Waals surface area contributed by atoms with Gasteiger partial charge in [0.2, 0.25) is 0 Å². The normalized spacial score (nSPS) is 35.1. The summed E-state index contributed by atoms with van der Waals surface area (Å²) in [6.07, 6.45) is 7.80. The summed E-state index contributed by atoms with van der Waals surface area (Å²) < 4.78 is 0. The Morgan fingerprint density at radius 3 is 2.40 bits per heavy atom. The van der Waals surface area contributed by atoms with E-state index in [1.54, 1.807) is 13.0 Å². The molecular formula is C13H18O2. The average Bonchev–Trinajstić information content (AvgIpc) is 2.78. The van der Waals surface area contributed by atoms with Crippen molar-refractivity contribution >= 4 is 5.97 Å². The van der Waals surface area contributed by atoms with Gasteiger partial charge in [0.25, 0.3) is 0 Å². The van der Waals surface area contributed by atoms with Crippen LogP contribution in [0.15, 0.2) is 23.8 Å². The molecule has 15 heavy (non-hydrogen) atoms. The Morgan fingerprint density at radius 1 is 1.47 bits per heavy atom. The van der Waals surface area contributed by atoms with E-state index in [1.165, 1.54) is 19.3 Å². The van der Waals surface area contributed by atoms with Crippen LogP contribution in [0, 0.1) is 11.3 Å². The highest BCUT2D eigenvalue weighted by molar-refractivity contribution is 5.87. The lowest BCUT2D eigenvalue weighted by molar-refractivity contribution is -0.132. The van der Waals surface area contributed by atoms with Crippen molar-refractivity contribution in [1.82, 2.24) is 0 Å². The van der Waals surface area contributed by atoms with Crippen molar-refractivity contribution in [2.45, 2.75) is 39.0 Å². The van der Waals surface area contributed by atoms with Gasteiger partial charge in [-0.05, 0) is 55.9 Å². The maximum Gasteiger partial charge on any atom is 0.331 e. The van der Waals surface area contributed by atoms with Gasteiger partial charge in [0, 0.05) is 5.57 Å². The Morgan fingerprint density at radius 2 is 2.07 bits per heavy atom. The number of carboxylic acid groups (broad SMARTS) is 1. The number of carbonyl (C=O) groups is 1. The van der Waals surface area contributed by atoms with Gasteiger partial charge < -0.3 is 5.11 Å². The van der Waals surface area contributed by atoms with E-state index in [0.29, 0.717) is 5.57 Å². The van der Waals surface area contributed by atoms with Crippen molar-refractivity contribution in [2.75, 3.05) is 0 Å². The quantitative estimate of drug-likeness (QED) is 0.569. The van der Waals surface area contributed by atoms with Gasteiger partial charge >= 0.3 is 5.97 Å². The van der Waals surface area contributed by atoms with Gasteiger partial charge in [0.05, 0.1) is 0 Å². The van der Waals surface area contributed by atoms with Crippen molar-refractivity contribution in [3.63, 3.8) is 0 Å². The van der Waals surface area contributed by atoms with Crippen LogP contribution in [0.4, 0.5) is 0 Å². The van der Waals surface area contributed by atoms with Gasteiger partial charge in [0.1, 0.15) is 0 Å². The summed E-state index contributed by atoms with van der Waals surface area (Å²) in [5.74, 6) is 0.0381. The molecule has 0 aromatic heterocycles. The summed E-state index contributed by atoms with van der Waals surface area (Å²) in [4.78, 5) is 11.0. The van der Waals surface area contributed by atoms with Gasteiger partial charge in [-0.25, -0.2) is 4.79 Å². The molecule has 0 aromatic carbocycles. The second-order valence-electron chi connectivity index (χ2n) is 4.98. The molecule has 0 radical (unpaired) electrons. The van der Waals surface area contributed by atoms with E-state index in [9.17, 15) is 4.79 Å². The standard InChI is InChI=1S/C13H18O2/c1-3-11(9(2)12(14)15)13-6-4-10(8-13)5-7-13/h3,10H,1,4-8H2,2H3,(H,14,15). The molecule has 0 aromatic rings. The minimum atomic E-state index is -0.797. The van der Waals surface area contributed by atoms with Crippen molar-refractivity contribution in [3.05, 3.63) is 23.8 Å². The van der Waals surface area contributed by atoms with E-state index in [4.69, 9.17) is 5.11 Å². The van der Waals surface area contributed by atoms with Crippen molar-refractivity contribution in [3.8, 4) is 0 Å². The van der Waals surface area contributed by atoms with Crippen LogP contribution in [0.25, 0.3) is 0 Å². The Labute approximate surface area is 90.7 Å². The average molecular weight is 206 g/mol. The summed E-state index contributed by atoms with van der Waals surface area (Å²) in [7, 11) is 0. The van der Waals surface area contributed by atoms with Crippen LogP contribution in [0.1, 0.15) is 39.0 Å². The molecule has 2 aliphatic carbocycles. The zero-order valence-corrected chi connectivity index (χ0v) is 9.25. The number of carboxylic acids is 1. The van der Waals surface area contributed by atoms with E-state index in [2.05, 4.69) is 6.58 Å². The van der Waals surface area contributed by atoms with E-state index >= 15 is 0 Å². The summed E-state index contributed by atoms with van der Waals surface area (Å²) in [5, 5.41) is 9.06. The number of allylic oxidation sites excluding steroid dienone is 2. The van der Waals surface area contributed by atoms with Crippen molar-refractivity contribution in [1.29, 1.82) is 0 Å². The largest absolute Gasteiger partial charge is 0.478 e. The Bertz CT molecular complexity index is 330. The van der Waals surface area contributed by atoms with Gasteiger partial charge in [-0.2, -0.15) is 0 Å². The van der Waals surface area contributed by atoms with Crippen LogP contribution in [0.5, 0.6) is 0 Å². The first-order valence-corrected chi connectivity index (χ1v) is 5.66. The topological polar surface area (TPSA) is 37.3 Å². The van der Waals surface area contributed by atoms with Crippen LogP contribution in [0.3, 0.4) is 0 Å². The monoisotopic (exact) mass is 206 g/mol. The Hall–Kier alpha value is -1.05. The molecule has 2 fully saturated rings. The lowest BCUT2D eigenvalue weighted by atomic mass is 9.75. The van der Waals surface area contributed by atoms with Gasteiger partial charge in [-0.15, -0.1) is 0 Å². The van der Waals surface area contributed by atoms with Crippen LogP contribution in [-0.4, -0.2) is 11.1 Å². The predicted molar refractivity (Wildman–Crippen MR) is 59.5 cm³/mol. The van der Waals surface area contributed by atoms with E-state index in [-0.39, 0.29) is 5.41 Å². The van der Waals surface area contributed by atoms with Crippen molar-refractivity contribution in [2.24, 2.45) is 11.3 Å². The molecular weight excluding hydrogens is 188 g/mol. The minimum absolute atomic E-state index is 0.162. The summed E-state index contributed by atoms with van der Waals surface area (Å²) in [6, 6.07) is 0. The lowest BCUT2D eigenvalue weighted by Gasteiger charge is -2.29. The number of rotatable bonds is 3. The van der Waals surface area contributed by atoms with E-state index in [0.717, 1.165) is 24.3 Å². The molecule has 82 valence electrons. The third-order valence-corrected chi connectivity index (χ3v) is 4.24. The molecule has 2 aliphatic rings. The second-order valence-corrected chi connectivity index (χ2v) is 4.98. The number of aliphatic carboxylic acids is 1. The first-order chi connectivity index (χ1) is 7.09. The van der Waals surface area contributed by atoms with E-state index in [1.807, 2.05) is 0 Å². The molecule has 2 nitrogen and oxygen atoms in total. The number of fused-ring (bicyclic) bond motifs is 2. The summed E-state index contributed by atoms with van der Waals surface area (Å²) in [5.41, 5.74) is 1.65. The fourth-order valence-electron chi connectivity index (χ4n) is 3.45. The van der Waals surface area contributed by atoms with Gasteiger partial charge in [-0.1, -0.05) is 12.7 Å². The third kappa shape index (κ3) is 1.52. The van der Waals surface area contributed by atoms with Crippen LogP contribution < -0.4 is 0 Å². The number of hydrogen-bond donors (Lipinski definition) is 1. The molecule has 2 rings (SSSR count). The first kappa shape index (κ1) is 10.5. The highest BCUT2D eigenvalue weighted by Crippen LogP contribution is 2.58. The molecule has 0 atom stereocenters. The molecule has 0 saturated heterocycles. The molecule has 2 bridgehead atoms. The molecule has 0 spiro atoms. The number of hydrogen-bond acceptors (Lipinski definition) is 1. The first-order valence-electron chi connectivity index (χ1n) is 5.66. The molecule has 2 heteroatoms. The minimum Gasteiger partial charge on any atom is -0.478 e. The predicted octanol–water partition coefficient (Wildman–Crippen LogP) is 3.15. The molecule has 0 heterocycles. The molecule has 1 N–H and O–H groups in total. The highest BCUT2D eigenvalue weighted by Gasteiger charge is 2.47. The van der Waals surface area contributed by atoms with Gasteiger partial charge in [-0.3, -0.25) is 0 Å². The SMILES string of the molecule is C=CC(=C(C)C(=O)O)C12CCC(CC1)C2. The smallest absolute Gasteiger partial charge is 0.331 e. The highest BCUT2D eigenvalue weighted by atomic mass is 16.4. The zero-order chi connectivity index (χ0) is 11.1. The summed E-state index contributed by atoms with van der Waals surface area (Å²) >= 11 is 0. The fraction of sp³-hybridized carbons (Fsp3) is 0.615. The van der Waals surface area contributed by atoms with Gasteiger partial charge in [0.15, 0.2) is 0 Å². The second kappa shape index (κ2) is 3.51. The van der Waals surface area contributed by atoms with Crippen LogP contribution >= 0.6 is 0 Å². The van der Waals surface area contributed by atoms with Crippen LogP contribution in [0.2, 0.25) is 0 Å². The van der Waals surface area contributed by atoms with Crippen LogP contribution in [-0.2, 0) is 4.79 Å². The maximum absolute atomic E-state index is 11.0. The maximum atomic E-state index is 11.0. The fourth-order valence-corrected chi connectivity index (χ4v) is 3.45. The molecule has 0 amide bonds. The molecule has 2 saturated carbocycles. The van der Waals surface area contributed by atoms with E-state index < -0.39 is 5.97 Å². The molecule has 0 unspecified atom stereocenters. The zero-order valence-electron chi connectivity index (χ0n) is 9.25. The lowest BCUT2D eigenvalue weighted by Crippen LogP contribution is -2.19. The third-order valence-electron chi connectivity index (χ3n) is 4.24. The van der Waals surface area contributed by atoms with Crippen molar-refractivity contribution < 1.29 is 9.90 Å². The molecule has 0 aliphatic heterocycles. The Kier molecular flexibility index (Phi) is 2.45. The summed E-state index contributed by atoms with van der Waals surface area (Å²) in [6.45, 7) is 5.51. The Balaban J connectivity index is 2.39.